The Hall–Kier alpha value is -5.16. The van der Waals surface area contributed by atoms with E-state index in [4.69, 9.17) is 9.16 Å². The molecule has 0 radical (unpaired) electrons. The molecule has 1 aliphatic rings. The second-order valence-electron chi connectivity index (χ2n) is 15.9. The average Bonchev–Trinajstić information content (AvgIpc) is 3.23. The highest BCUT2D eigenvalue weighted by molar-refractivity contribution is 7.00. The molecule has 1 fully saturated rings. The number of likely N-dealkylation sites (tertiary alicyclic amines) is 1. The molecule has 5 aromatic rings. The molecule has 0 unspecified atom stereocenters. The molecule has 1 atom stereocenters. The van der Waals surface area contributed by atoms with Gasteiger partial charge in [-0.15, -0.1) is 0 Å². The summed E-state index contributed by atoms with van der Waals surface area (Å²) in [6, 6.07) is 44.1. The van der Waals surface area contributed by atoms with Gasteiger partial charge in [0, 0.05) is 37.9 Å². The van der Waals surface area contributed by atoms with Crippen LogP contribution in [0.3, 0.4) is 0 Å². The van der Waals surface area contributed by atoms with E-state index >= 15 is 0 Å². The van der Waals surface area contributed by atoms with Crippen LogP contribution in [0.5, 0.6) is 11.5 Å². The minimum atomic E-state index is -2.73. The maximum absolute atomic E-state index is 13.1. The third-order valence-electron chi connectivity index (χ3n) is 10.6. The molecule has 0 saturated carbocycles. The summed E-state index contributed by atoms with van der Waals surface area (Å²) in [4.78, 5) is 14.5. The number of piperidine rings is 1. The zero-order chi connectivity index (χ0) is 40.1. The number of benzene rings is 5. The second kappa shape index (κ2) is 19.8. The molecule has 0 aromatic heterocycles. The number of carbonyl (C=O) groups is 1. The molecule has 300 valence electrons. The Morgan fingerprint density at radius 2 is 1.32 bits per heavy atom. The minimum Gasteiger partial charge on any atom is -0.534 e. The number of hydrogen-bond acceptors (Lipinski definition) is 6. The van der Waals surface area contributed by atoms with E-state index in [1.807, 2.05) is 41.3 Å². The molecule has 0 aliphatic carbocycles. The third kappa shape index (κ3) is 11.5. The van der Waals surface area contributed by atoms with Crippen LogP contribution in [0.4, 0.5) is 14.9 Å². The molecular weight excluding hydrogens is 732 g/mol. The number of anilines is 1. The van der Waals surface area contributed by atoms with E-state index < -0.39 is 14.4 Å². The van der Waals surface area contributed by atoms with Crippen LogP contribution in [0, 0.1) is 5.82 Å². The van der Waals surface area contributed by atoms with E-state index in [9.17, 15) is 14.3 Å². The summed E-state index contributed by atoms with van der Waals surface area (Å²) in [5.74, 6) is 1.22. The fourth-order valence-corrected chi connectivity index (χ4v) is 11.9. The first-order valence-corrected chi connectivity index (χ1v) is 22.0. The van der Waals surface area contributed by atoms with Crippen molar-refractivity contribution in [1.82, 2.24) is 15.5 Å². The number of carbonyl (C=O) groups excluding carboxylic acids is 1. The molecule has 5 aromatic carbocycles. The number of amides is 2. The van der Waals surface area contributed by atoms with Crippen molar-refractivity contribution < 1.29 is 23.5 Å². The van der Waals surface area contributed by atoms with E-state index in [-0.39, 0.29) is 23.5 Å². The summed E-state index contributed by atoms with van der Waals surface area (Å²) in [6.07, 6.45) is 2.63. The lowest BCUT2D eigenvalue weighted by Gasteiger charge is -2.43. The fraction of sp³-hybridized carbons (Fsp3) is 0.340. The second-order valence-corrected chi connectivity index (χ2v) is 20.1. The van der Waals surface area contributed by atoms with Crippen LogP contribution in [-0.2, 0) is 12.8 Å². The van der Waals surface area contributed by atoms with Crippen LogP contribution < -0.4 is 35.5 Å². The van der Waals surface area contributed by atoms with Gasteiger partial charge < -0.3 is 35.1 Å². The topological polar surface area (TPSA) is 95.1 Å². The molecule has 4 N–H and O–H groups in total. The lowest BCUT2D eigenvalue weighted by atomic mass is 10.0. The van der Waals surface area contributed by atoms with Crippen molar-refractivity contribution >= 4 is 30.4 Å². The number of aliphatic hydroxyl groups is 1. The van der Waals surface area contributed by atoms with Crippen LogP contribution in [0.1, 0.15) is 44.7 Å². The highest BCUT2D eigenvalue weighted by atomic mass is 28.4. The molecule has 10 heteroatoms. The van der Waals surface area contributed by atoms with E-state index in [0.29, 0.717) is 44.4 Å². The van der Waals surface area contributed by atoms with Gasteiger partial charge in [0.2, 0.25) is 0 Å². The van der Waals surface area contributed by atoms with Crippen molar-refractivity contribution in [3.8, 4) is 11.5 Å². The van der Waals surface area contributed by atoms with E-state index in [0.717, 1.165) is 42.8 Å². The molecular formula is C47H57FN4O4Si. The molecule has 0 spiro atoms. The van der Waals surface area contributed by atoms with Gasteiger partial charge in [-0.25, -0.2) is 9.18 Å². The summed E-state index contributed by atoms with van der Waals surface area (Å²) in [5, 5.41) is 22.9. The lowest BCUT2D eigenvalue weighted by molar-refractivity contribution is 0.106. The van der Waals surface area contributed by atoms with Crippen LogP contribution in [0.2, 0.25) is 5.04 Å². The van der Waals surface area contributed by atoms with Gasteiger partial charge in [0.05, 0.1) is 0 Å². The summed E-state index contributed by atoms with van der Waals surface area (Å²) in [5.41, 5.74) is 3.29. The van der Waals surface area contributed by atoms with Crippen molar-refractivity contribution in [1.29, 1.82) is 0 Å². The molecule has 1 saturated heterocycles. The Labute approximate surface area is 338 Å². The Balaban J connectivity index is 0.881. The number of halogens is 1. The van der Waals surface area contributed by atoms with Crippen LogP contribution in [-0.4, -0.2) is 75.8 Å². The Kier molecular flexibility index (Phi) is 14.4. The average molecular weight is 789 g/mol. The number of aliphatic hydroxyl groups excluding tert-OH is 1. The van der Waals surface area contributed by atoms with Crippen LogP contribution in [0.25, 0.3) is 0 Å². The maximum Gasteiger partial charge on any atom is 0.319 e. The van der Waals surface area contributed by atoms with Crippen molar-refractivity contribution in [3.63, 3.8) is 0 Å². The van der Waals surface area contributed by atoms with Gasteiger partial charge in [0.1, 0.15) is 30.0 Å². The zero-order valence-electron chi connectivity index (χ0n) is 33.4. The number of nitrogens with one attached hydrogen (secondary N) is 3. The largest absolute Gasteiger partial charge is 0.534 e. The molecule has 2 amide bonds. The number of nitrogens with zero attached hydrogens (tertiary/aromatic N) is 1. The maximum atomic E-state index is 13.1. The smallest absolute Gasteiger partial charge is 0.319 e. The predicted octanol–water partition coefficient (Wildman–Crippen LogP) is 7.17. The van der Waals surface area contributed by atoms with E-state index in [1.165, 1.54) is 28.1 Å². The summed E-state index contributed by atoms with van der Waals surface area (Å²) in [7, 11) is -2.73. The van der Waals surface area contributed by atoms with Gasteiger partial charge in [-0.1, -0.05) is 106 Å². The first kappa shape index (κ1) is 41.5. The van der Waals surface area contributed by atoms with Crippen molar-refractivity contribution in [2.45, 2.75) is 63.6 Å². The van der Waals surface area contributed by atoms with Crippen molar-refractivity contribution in [2.24, 2.45) is 0 Å². The first-order chi connectivity index (χ1) is 27.6. The number of hydrogen-bond donors (Lipinski definition) is 4. The quantitative estimate of drug-likeness (QED) is 0.0591. The fourth-order valence-electron chi connectivity index (χ4n) is 7.49. The van der Waals surface area contributed by atoms with E-state index in [2.05, 4.69) is 110 Å². The molecule has 57 heavy (non-hydrogen) atoms. The number of urea groups is 1. The lowest BCUT2D eigenvalue weighted by Crippen LogP contribution is -2.68. The molecule has 1 heterocycles. The standard InChI is InChI=1S/C47H57FN4O4Si/c1-47(2,3)57(44-10-6-4-7-11-44,45-12-8-5-9-13-45)56-43-24-22-42(23-25-43)55-35-41(53)34-49-30-26-37-16-20-39(21-17-37)51-40-28-32-52(33-29-40)46(54)50-31-27-36-14-18-38(48)19-15-36/h4-25,40-41,49,51,53H,26-35H2,1-3H3,(H,50,54)/t41-/m0/s1. The number of ether oxygens (including phenoxy) is 1. The summed E-state index contributed by atoms with van der Waals surface area (Å²) in [6.45, 7) is 10.1. The van der Waals surface area contributed by atoms with Gasteiger partial charge in [0.25, 0.3) is 0 Å². The Bertz CT molecular complexity index is 1910. The molecule has 0 bridgehead atoms. The predicted molar refractivity (Wildman–Crippen MR) is 231 cm³/mol. The first-order valence-electron chi connectivity index (χ1n) is 20.1. The van der Waals surface area contributed by atoms with Gasteiger partial charge in [-0.3, -0.25) is 0 Å². The van der Waals surface area contributed by atoms with Crippen molar-refractivity contribution in [2.75, 3.05) is 44.6 Å². The Morgan fingerprint density at radius 3 is 1.89 bits per heavy atom. The van der Waals surface area contributed by atoms with Crippen molar-refractivity contribution in [3.05, 3.63) is 150 Å². The van der Waals surface area contributed by atoms with Gasteiger partial charge in [-0.2, -0.15) is 0 Å². The van der Waals surface area contributed by atoms with E-state index in [1.54, 1.807) is 12.1 Å². The normalized spacial score (nSPS) is 14.2. The summed E-state index contributed by atoms with van der Waals surface area (Å²) < 4.78 is 26.2. The minimum absolute atomic E-state index is 0.0443. The van der Waals surface area contributed by atoms with Gasteiger partial charge in [0.15, 0.2) is 0 Å². The molecule has 8 nitrogen and oxygen atoms in total. The monoisotopic (exact) mass is 788 g/mol. The zero-order valence-corrected chi connectivity index (χ0v) is 34.4. The van der Waals surface area contributed by atoms with Crippen LogP contribution >= 0.6 is 0 Å². The molecule has 1 aliphatic heterocycles. The highest BCUT2D eigenvalue weighted by Crippen LogP contribution is 2.38. The van der Waals surface area contributed by atoms with Gasteiger partial charge in [-0.05, 0) is 107 Å². The Morgan fingerprint density at radius 1 is 0.772 bits per heavy atom. The van der Waals surface area contributed by atoms with Gasteiger partial charge >= 0.3 is 14.3 Å². The highest BCUT2D eigenvalue weighted by Gasteiger charge is 2.52. The third-order valence-corrected chi connectivity index (χ3v) is 15.6. The molecule has 6 rings (SSSR count). The SMILES string of the molecule is CC(C)(C)[Si](Oc1ccc(OC[C@@H](O)CNCCc2ccc(NC3CCN(C(=O)NCCc4ccc(F)cc4)CC3)cc2)cc1)(c1ccccc1)c1ccccc1. The summed E-state index contributed by atoms with van der Waals surface area (Å²) >= 11 is 0. The number of rotatable bonds is 17. The van der Waals surface area contributed by atoms with Crippen LogP contribution in [0.15, 0.2) is 133 Å².